The molecule has 2 rings (SSSR count). The summed E-state index contributed by atoms with van der Waals surface area (Å²) in [6.07, 6.45) is -3.29. The second-order valence-electron chi connectivity index (χ2n) is 5.04. The molecule has 3 nitrogen and oxygen atoms in total. The van der Waals surface area contributed by atoms with Crippen LogP contribution in [0.4, 0.5) is 17.6 Å². The number of rotatable bonds is 3. The molecule has 0 radical (unpaired) electrons. The van der Waals surface area contributed by atoms with Gasteiger partial charge in [-0.2, -0.15) is 13.2 Å². The van der Waals surface area contributed by atoms with Gasteiger partial charge in [-0.3, -0.25) is 9.88 Å². The van der Waals surface area contributed by atoms with Crippen molar-refractivity contribution in [2.75, 3.05) is 19.6 Å². The molecule has 19 heavy (non-hydrogen) atoms. The fraction of sp³-hybridized carbons (Fsp3) is 0.583. The minimum Gasteiger partial charge on any atom is -0.329 e. The number of nitrogens with two attached hydrogens (primary N) is 1. The standard InChI is InChI=1S/C12H15F4N3/c1-11(13)6-19(7-11)9(4-17)8-2-3-10(18-5-8)12(14,15)16/h2-3,5,9H,4,6-7,17H2,1H3. The Hall–Kier alpha value is -1.21. The molecule has 0 saturated carbocycles. The van der Waals surface area contributed by atoms with E-state index in [1.807, 2.05) is 0 Å². The Balaban J connectivity index is 2.12. The highest BCUT2D eigenvalue weighted by atomic mass is 19.4. The monoisotopic (exact) mass is 277 g/mol. The van der Waals surface area contributed by atoms with Crippen molar-refractivity contribution >= 4 is 0 Å². The molecule has 1 atom stereocenters. The number of hydrogen-bond donors (Lipinski definition) is 1. The fourth-order valence-corrected chi connectivity index (χ4v) is 2.29. The largest absolute Gasteiger partial charge is 0.433 e. The number of nitrogens with zero attached hydrogens (tertiary/aromatic N) is 2. The molecule has 7 heteroatoms. The lowest BCUT2D eigenvalue weighted by Gasteiger charge is -2.46. The number of aromatic nitrogens is 1. The van der Waals surface area contributed by atoms with E-state index in [9.17, 15) is 17.6 Å². The molecule has 0 spiro atoms. The molecule has 0 aromatic carbocycles. The zero-order valence-electron chi connectivity index (χ0n) is 10.4. The van der Waals surface area contributed by atoms with Gasteiger partial charge >= 0.3 is 6.18 Å². The average molecular weight is 277 g/mol. The maximum absolute atomic E-state index is 13.4. The Bertz CT molecular complexity index is 433. The van der Waals surface area contributed by atoms with Crippen molar-refractivity contribution in [3.05, 3.63) is 29.6 Å². The van der Waals surface area contributed by atoms with Crippen LogP contribution in [0.1, 0.15) is 24.2 Å². The molecule has 2 heterocycles. The van der Waals surface area contributed by atoms with Crippen LogP contribution in [0.3, 0.4) is 0 Å². The maximum Gasteiger partial charge on any atom is 0.433 e. The second kappa shape index (κ2) is 4.72. The van der Waals surface area contributed by atoms with Crippen LogP contribution in [-0.2, 0) is 6.18 Å². The summed E-state index contributed by atoms with van der Waals surface area (Å²) >= 11 is 0. The van der Waals surface area contributed by atoms with Crippen molar-refractivity contribution in [2.24, 2.45) is 5.73 Å². The van der Waals surface area contributed by atoms with Crippen LogP contribution in [0, 0.1) is 0 Å². The molecule has 106 valence electrons. The van der Waals surface area contributed by atoms with E-state index in [1.54, 1.807) is 4.90 Å². The Morgan fingerprint density at radius 2 is 2.05 bits per heavy atom. The van der Waals surface area contributed by atoms with E-state index in [0.29, 0.717) is 5.56 Å². The third-order valence-electron chi connectivity index (χ3n) is 3.19. The first-order chi connectivity index (χ1) is 8.73. The maximum atomic E-state index is 13.4. The molecule has 1 fully saturated rings. The van der Waals surface area contributed by atoms with Crippen molar-refractivity contribution in [3.8, 4) is 0 Å². The van der Waals surface area contributed by atoms with Gasteiger partial charge < -0.3 is 5.73 Å². The molecule has 1 unspecified atom stereocenters. The zero-order valence-corrected chi connectivity index (χ0v) is 10.4. The zero-order chi connectivity index (χ0) is 14.3. The highest BCUT2D eigenvalue weighted by Gasteiger charge is 2.42. The van der Waals surface area contributed by atoms with Gasteiger partial charge in [0.05, 0.1) is 0 Å². The number of pyridine rings is 1. The Kier molecular flexibility index (Phi) is 3.53. The van der Waals surface area contributed by atoms with Crippen molar-refractivity contribution in [3.63, 3.8) is 0 Å². The summed E-state index contributed by atoms with van der Waals surface area (Å²) < 4.78 is 50.6. The van der Waals surface area contributed by atoms with E-state index in [4.69, 9.17) is 5.73 Å². The molecule has 1 aromatic heterocycles. The second-order valence-corrected chi connectivity index (χ2v) is 5.04. The van der Waals surface area contributed by atoms with Gasteiger partial charge in [-0.1, -0.05) is 6.07 Å². The summed E-state index contributed by atoms with van der Waals surface area (Å²) in [7, 11) is 0. The van der Waals surface area contributed by atoms with Gasteiger partial charge in [0.15, 0.2) is 0 Å². The fourth-order valence-electron chi connectivity index (χ4n) is 2.29. The minimum atomic E-state index is -4.45. The Labute approximate surface area is 108 Å². The summed E-state index contributed by atoms with van der Waals surface area (Å²) in [5.74, 6) is 0. The minimum absolute atomic E-state index is 0.211. The normalized spacial score (nSPS) is 20.9. The van der Waals surface area contributed by atoms with E-state index in [2.05, 4.69) is 4.98 Å². The first-order valence-electron chi connectivity index (χ1n) is 5.89. The number of halogens is 4. The molecular formula is C12H15F4N3. The molecule has 2 N–H and O–H groups in total. The summed E-state index contributed by atoms with van der Waals surface area (Å²) in [5.41, 5.74) is 4.01. The molecule has 0 aliphatic carbocycles. The van der Waals surface area contributed by atoms with Crippen LogP contribution in [0.5, 0.6) is 0 Å². The topological polar surface area (TPSA) is 42.1 Å². The molecule has 1 aliphatic rings. The number of alkyl halides is 4. The van der Waals surface area contributed by atoms with Crippen LogP contribution in [0.15, 0.2) is 18.3 Å². The lowest BCUT2D eigenvalue weighted by Crippen LogP contribution is -2.59. The van der Waals surface area contributed by atoms with Crippen molar-refractivity contribution < 1.29 is 17.6 Å². The summed E-state index contributed by atoms with van der Waals surface area (Å²) in [5, 5.41) is 0. The van der Waals surface area contributed by atoms with Crippen LogP contribution in [-0.4, -0.2) is 35.2 Å². The number of likely N-dealkylation sites (tertiary alicyclic amines) is 1. The van der Waals surface area contributed by atoms with E-state index < -0.39 is 17.5 Å². The third-order valence-corrected chi connectivity index (χ3v) is 3.19. The van der Waals surface area contributed by atoms with Gasteiger partial charge in [0.25, 0.3) is 0 Å². The third kappa shape index (κ3) is 3.03. The number of hydrogen-bond acceptors (Lipinski definition) is 3. The molecule has 1 aliphatic heterocycles. The van der Waals surface area contributed by atoms with Gasteiger partial charge in [0, 0.05) is 31.9 Å². The van der Waals surface area contributed by atoms with E-state index >= 15 is 0 Å². The smallest absolute Gasteiger partial charge is 0.329 e. The molecule has 0 bridgehead atoms. The average Bonchev–Trinajstić information content (AvgIpc) is 2.27. The van der Waals surface area contributed by atoms with Crippen molar-refractivity contribution in [1.82, 2.24) is 9.88 Å². The van der Waals surface area contributed by atoms with Crippen LogP contribution < -0.4 is 5.73 Å². The predicted molar refractivity (Wildman–Crippen MR) is 62.1 cm³/mol. The van der Waals surface area contributed by atoms with Gasteiger partial charge in [0.1, 0.15) is 11.4 Å². The van der Waals surface area contributed by atoms with E-state index in [0.717, 1.165) is 12.3 Å². The van der Waals surface area contributed by atoms with Crippen molar-refractivity contribution in [2.45, 2.75) is 24.8 Å². The van der Waals surface area contributed by atoms with Crippen LogP contribution in [0.2, 0.25) is 0 Å². The Morgan fingerprint density at radius 3 is 2.42 bits per heavy atom. The first-order valence-corrected chi connectivity index (χ1v) is 5.89. The van der Waals surface area contributed by atoms with Crippen LogP contribution >= 0.6 is 0 Å². The van der Waals surface area contributed by atoms with Crippen LogP contribution in [0.25, 0.3) is 0 Å². The highest BCUT2D eigenvalue weighted by molar-refractivity contribution is 5.21. The lowest BCUT2D eigenvalue weighted by atomic mass is 9.94. The quantitative estimate of drug-likeness (QED) is 0.861. The SMILES string of the molecule is CC1(F)CN(C(CN)c2ccc(C(F)(F)F)nc2)C1. The summed E-state index contributed by atoms with van der Waals surface area (Å²) in [6, 6.07) is 1.98. The molecule has 1 aromatic rings. The predicted octanol–water partition coefficient (Wildman–Crippen LogP) is 2.14. The summed E-state index contributed by atoms with van der Waals surface area (Å²) in [6.45, 7) is 2.16. The Morgan fingerprint density at radius 1 is 1.42 bits per heavy atom. The van der Waals surface area contributed by atoms with Crippen molar-refractivity contribution in [1.29, 1.82) is 0 Å². The van der Waals surface area contributed by atoms with Gasteiger partial charge in [-0.05, 0) is 18.6 Å². The first kappa shape index (κ1) is 14.2. The van der Waals surface area contributed by atoms with Gasteiger partial charge in [-0.15, -0.1) is 0 Å². The van der Waals surface area contributed by atoms with Gasteiger partial charge in [-0.25, -0.2) is 4.39 Å². The highest BCUT2D eigenvalue weighted by Crippen LogP contribution is 2.33. The van der Waals surface area contributed by atoms with Gasteiger partial charge in [0.2, 0.25) is 0 Å². The molecule has 1 saturated heterocycles. The summed E-state index contributed by atoms with van der Waals surface area (Å²) in [4.78, 5) is 5.19. The van der Waals surface area contributed by atoms with E-state index in [1.165, 1.54) is 13.0 Å². The molecular weight excluding hydrogens is 262 g/mol. The molecule has 0 amide bonds. The van der Waals surface area contributed by atoms with E-state index in [-0.39, 0.29) is 25.7 Å². The lowest BCUT2D eigenvalue weighted by molar-refractivity contribution is -0.141.